The van der Waals surface area contributed by atoms with E-state index in [0.717, 1.165) is 28.0 Å². The monoisotopic (exact) mass is 409 g/mol. The van der Waals surface area contributed by atoms with Gasteiger partial charge in [0.15, 0.2) is 0 Å². The summed E-state index contributed by atoms with van der Waals surface area (Å²) in [5, 5.41) is 14.9. The zero-order valence-corrected chi connectivity index (χ0v) is 16.4. The number of nitrogens with one attached hydrogen (secondary N) is 2. The smallest absolute Gasteiger partial charge is 0.335 e. The maximum atomic E-state index is 13.2. The fourth-order valence-corrected chi connectivity index (χ4v) is 3.41. The van der Waals surface area contributed by atoms with E-state index in [4.69, 9.17) is 0 Å². The van der Waals surface area contributed by atoms with Crippen LogP contribution < -0.4 is 21.6 Å². The number of hydrogen-bond donors (Lipinski definition) is 3. The molecule has 1 aromatic heterocycles. The average Bonchev–Trinajstić information content (AvgIpc) is 3.19. The molecule has 0 fully saturated rings. The molecule has 0 bridgehead atoms. The van der Waals surface area contributed by atoms with Crippen LogP contribution in [0.3, 0.4) is 0 Å². The standard InChI is InChI=1S/C21H20FN5O3/c1-26(2)14-7-3-12(4-8-14)16-11-17(25-24-16)18-19(28)23-21(30)27(20(18)29)15-9-5-13(22)6-10-15/h3-10,16,24,29H,11H2,1-2H3,(H,23,28,30)/t16-/m1/s1. The highest BCUT2D eigenvalue weighted by Crippen LogP contribution is 2.28. The molecule has 0 unspecified atom stereocenters. The van der Waals surface area contributed by atoms with Gasteiger partial charge in [0.1, 0.15) is 11.4 Å². The Morgan fingerprint density at radius 3 is 2.40 bits per heavy atom. The van der Waals surface area contributed by atoms with Crippen molar-refractivity contribution in [2.24, 2.45) is 5.10 Å². The van der Waals surface area contributed by atoms with Crippen LogP contribution in [0.2, 0.25) is 0 Å². The molecule has 8 nitrogen and oxygen atoms in total. The number of anilines is 1. The quantitative estimate of drug-likeness (QED) is 0.611. The van der Waals surface area contributed by atoms with Gasteiger partial charge in [0.25, 0.3) is 5.56 Å². The van der Waals surface area contributed by atoms with Crippen LogP contribution in [0.1, 0.15) is 23.6 Å². The lowest BCUT2D eigenvalue weighted by Gasteiger charge is -2.15. The van der Waals surface area contributed by atoms with Gasteiger partial charge in [-0.05, 0) is 42.0 Å². The van der Waals surface area contributed by atoms with Crippen molar-refractivity contribution in [2.75, 3.05) is 19.0 Å². The maximum Gasteiger partial charge on any atom is 0.335 e. The SMILES string of the molecule is CN(C)c1ccc([C@H]2CC(c3c(O)n(-c4ccc(F)cc4)c(=O)[nH]c3=O)=NN2)cc1. The first kappa shape index (κ1) is 19.4. The molecule has 1 aliphatic rings. The number of hydrazone groups is 1. The summed E-state index contributed by atoms with van der Waals surface area (Å²) < 4.78 is 14.1. The van der Waals surface area contributed by atoms with E-state index in [1.165, 1.54) is 12.1 Å². The van der Waals surface area contributed by atoms with Gasteiger partial charge in [-0.25, -0.2) is 13.8 Å². The largest absolute Gasteiger partial charge is 0.493 e. The number of halogens is 1. The average molecular weight is 409 g/mol. The lowest BCUT2D eigenvalue weighted by atomic mass is 9.99. The highest BCUT2D eigenvalue weighted by molar-refractivity contribution is 6.03. The summed E-state index contributed by atoms with van der Waals surface area (Å²) in [6.07, 6.45) is 0.347. The fourth-order valence-electron chi connectivity index (χ4n) is 3.41. The highest BCUT2D eigenvalue weighted by atomic mass is 19.1. The van der Waals surface area contributed by atoms with Crippen molar-refractivity contribution >= 4 is 11.4 Å². The Balaban J connectivity index is 1.68. The van der Waals surface area contributed by atoms with Crippen LogP contribution >= 0.6 is 0 Å². The minimum Gasteiger partial charge on any atom is -0.493 e. The lowest BCUT2D eigenvalue weighted by Crippen LogP contribution is -2.33. The second-order valence-corrected chi connectivity index (χ2v) is 7.20. The Labute approximate surface area is 170 Å². The van der Waals surface area contributed by atoms with Gasteiger partial charge < -0.3 is 15.4 Å². The normalized spacial score (nSPS) is 15.6. The molecule has 2 aromatic carbocycles. The Hall–Kier alpha value is -3.88. The predicted molar refractivity (Wildman–Crippen MR) is 112 cm³/mol. The number of nitrogens with zero attached hydrogens (tertiary/aromatic N) is 3. The zero-order chi connectivity index (χ0) is 21.4. The summed E-state index contributed by atoms with van der Waals surface area (Å²) >= 11 is 0. The van der Waals surface area contributed by atoms with Crippen molar-refractivity contribution in [3.8, 4) is 11.6 Å². The highest BCUT2D eigenvalue weighted by Gasteiger charge is 2.27. The molecule has 1 atom stereocenters. The van der Waals surface area contributed by atoms with Crippen molar-refractivity contribution in [1.82, 2.24) is 15.0 Å². The summed E-state index contributed by atoms with van der Waals surface area (Å²) in [4.78, 5) is 28.9. The number of aromatic amines is 1. The third kappa shape index (κ3) is 3.45. The van der Waals surface area contributed by atoms with E-state index in [0.29, 0.717) is 12.1 Å². The molecule has 0 saturated carbocycles. The van der Waals surface area contributed by atoms with Crippen LogP contribution in [0.25, 0.3) is 5.69 Å². The first-order valence-corrected chi connectivity index (χ1v) is 9.29. The van der Waals surface area contributed by atoms with Crippen LogP contribution in [0.5, 0.6) is 5.88 Å². The summed E-state index contributed by atoms with van der Waals surface area (Å²) in [5.74, 6) is -1.03. The van der Waals surface area contributed by atoms with Gasteiger partial charge in [0, 0.05) is 26.2 Å². The number of benzene rings is 2. The van der Waals surface area contributed by atoms with Gasteiger partial charge >= 0.3 is 5.69 Å². The number of rotatable bonds is 4. The molecule has 9 heteroatoms. The minimum absolute atomic E-state index is 0.0983. The summed E-state index contributed by atoms with van der Waals surface area (Å²) in [6.45, 7) is 0. The van der Waals surface area contributed by atoms with E-state index in [-0.39, 0.29) is 17.3 Å². The fraction of sp³-hybridized carbons (Fsp3) is 0.190. The first-order valence-electron chi connectivity index (χ1n) is 9.29. The molecule has 154 valence electrons. The molecule has 0 aliphatic carbocycles. The van der Waals surface area contributed by atoms with Gasteiger partial charge in [-0.15, -0.1) is 0 Å². The number of aromatic nitrogens is 2. The molecule has 0 amide bonds. The van der Waals surface area contributed by atoms with Crippen LogP contribution in [0.15, 0.2) is 63.2 Å². The molecular formula is C21H20FN5O3. The van der Waals surface area contributed by atoms with E-state index in [1.54, 1.807) is 0 Å². The molecule has 4 rings (SSSR count). The van der Waals surface area contributed by atoms with Crippen LogP contribution in [-0.2, 0) is 0 Å². The van der Waals surface area contributed by atoms with E-state index in [2.05, 4.69) is 15.5 Å². The van der Waals surface area contributed by atoms with Crippen molar-refractivity contribution in [2.45, 2.75) is 12.5 Å². The van der Waals surface area contributed by atoms with Crippen molar-refractivity contribution < 1.29 is 9.50 Å². The Morgan fingerprint density at radius 1 is 1.10 bits per heavy atom. The topological polar surface area (TPSA) is 103 Å². The molecule has 3 aromatic rings. The van der Waals surface area contributed by atoms with Gasteiger partial charge in [0.05, 0.1) is 17.4 Å². The molecule has 2 heterocycles. The summed E-state index contributed by atoms with van der Waals surface area (Å²) in [7, 11) is 3.91. The summed E-state index contributed by atoms with van der Waals surface area (Å²) in [6, 6.07) is 12.7. The van der Waals surface area contributed by atoms with E-state index < -0.39 is 22.9 Å². The van der Waals surface area contributed by atoms with Crippen LogP contribution in [-0.4, -0.2) is 34.5 Å². The molecule has 1 aliphatic heterocycles. The second-order valence-electron chi connectivity index (χ2n) is 7.20. The van der Waals surface area contributed by atoms with Gasteiger partial charge in [-0.1, -0.05) is 12.1 Å². The molecule has 30 heavy (non-hydrogen) atoms. The Kier molecular flexibility index (Phi) is 4.86. The van der Waals surface area contributed by atoms with Gasteiger partial charge in [-0.3, -0.25) is 9.78 Å². The number of H-pyrrole nitrogens is 1. The van der Waals surface area contributed by atoms with Crippen molar-refractivity contribution in [3.05, 3.63) is 86.3 Å². The Morgan fingerprint density at radius 2 is 1.77 bits per heavy atom. The molecule has 0 saturated heterocycles. The predicted octanol–water partition coefficient (Wildman–Crippen LogP) is 1.88. The van der Waals surface area contributed by atoms with E-state index in [9.17, 15) is 19.1 Å². The number of hydrogen-bond acceptors (Lipinski definition) is 6. The third-order valence-corrected chi connectivity index (χ3v) is 5.02. The lowest BCUT2D eigenvalue weighted by molar-refractivity contribution is 0.429. The first-order chi connectivity index (χ1) is 14.3. The number of aromatic hydroxyl groups is 1. The molecule has 0 spiro atoms. The molecular weight excluding hydrogens is 389 g/mol. The van der Waals surface area contributed by atoms with Crippen molar-refractivity contribution in [1.29, 1.82) is 0 Å². The second kappa shape index (κ2) is 7.51. The van der Waals surface area contributed by atoms with Crippen LogP contribution in [0, 0.1) is 5.82 Å². The maximum absolute atomic E-state index is 13.2. The summed E-state index contributed by atoms with van der Waals surface area (Å²) in [5.41, 5.74) is 3.90. The third-order valence-electron chi connectivity index (χ3n) is 5.02. The van der Waals surface area contributed by atoms with Crippen LogP contribution in [0.4, 0.5) is 10.1 Å². The molecule has 0 radical (unpaired) electrons. The minimum atomic E-state index is -0.824. The van der Waals surface area contributed by atoms with Gasteiger partial charge in [0.2, 0.25) is 5.88 Å². The van der Waals surface area contributed by atoms with Gasteiger partial charge in [-0.2, -0.15) is 5.10 Å². The van der Waals surface area contributed by atoms with Crippen molar-refractivity contribution in [3.63, 3.8) is 0 Å². The zero-order valence-electron chi connectivity index (χ0n) is 16.4. The van der Waals surface area contributed by atoms with E-state index >= 15 is 0 Å². The molecule has 3 N–H and O–H groups in total. The Bertz CT molecular complexity index is 1230. The van der Waals surface area contributed by atoms with E-state index in [1.807, 2.05) is 43.3 Å².